The molecule has 13 heteroatoms. The quantitative estimate of drug-likeness (QED) is 0.373. The highest BCUT2D eigenvalue weighted by Crippen LogP contribution is 2.26. The molecule has 1 aliphatic rings. The molecule has 0 aliphatic carbocycles. The van der Waals surface area contributed by atoms with E-state index in [0.717, 1.165) is 10.1 Å². The molecule has 38 heavy (non-hydrogen) atoms. The molecule has 5 rings (SSSR count). The van der Waals surface area contributed by atoms with E-state index in [-0.39, 0.29) is 12.4 Å². The zero-order valence-electron chi connectivity index (χ0n) is 20.6. The lowest BCUT2D eigenvalue weighted by molar-refractivity contribution is 0.386. The van der Waals surface area contributed by atoms with Gasteiger partial charge in [-0.25, -0.2) is 9.18 Å². The Hall–Kier alpha value is -3.41. The number of imidazole rings is 1. The smallest absolute Gasteiger partial charge is 0.332 e. The maximum atomic E-state index is 13.5. The van der Waals surface area contributed by atoms with Gasteiger partial charge in [0.1, 0.15) is 5.82 Å². The number of anilines is 2. The SMILES string of the molecule is Cn1c(=O)c2c(nc(N3CCN(C(=S)Nc4ccc(Cl)cc4Cl)CC3)n2Cc2ccc(F)cc2)n(C)c1=O. The molecular weight excluding hydrogens is 552 g/mol. The number of nitrogens with one attached hydrogen (secondary N) is 1. The highest BCUT2D eigenvalue weighted by Gasteiger charge is 2.26. The van der Waals surface area contributed by atoms with Gasteiger partial charge in [-0.1, -0.05) is 35.3 Å². The number of hydrogen-bond acceptors (Lipinski definition) is 5. The predicted molar refractivity (Wildman–Crippen MR) is 152 cm³/mol. The monoisotopic (exact) mass is 575 g/mol. The van der Waals surface area contributed by atoms with Crippen LogP contribution in [0.3, 0.4) is 0 Å². The summed E-state index contributed by atoms with van der Waals surface area (Å²) in [5.74, 6) is 0.213. The van der Waals surface area contributed by atoms with Crippen LogP contribution in [0.2, 0.25) is 10.0 Å². The Bertz CT molecular complexity index is 1660. The second kappa shape index (κ2) is 10.4. The number of nitrogens with zero attached hydrogens (tertiary/aromatic N) is 6. The molecule has 0 amide bonds. The molecule has 2 aromatic carbocycles. The van der Waals surface area contributed by atoms with Gasteiger partial charge in [0.25, 0.3) is 5.56 Å². The van der Waals surface area contributed by atoms with E-state index >= 15 is 0 Å². The van der Waals surface area contributed by atoms with E-state index in [4.69, 9.17) is 40.4 Å². The number of piperazine rings is 1. The maximum absolute atomic E-state index is 13.5. The highest BCUT2D eigenvalue weighted by molar-refractivity contribution is 7.80. The molecule has 0 atom stereocenters. The lowest BCUT2D eigenvalue weighted by Crippen LogP contribution is -2.50. The molecule has 4 aromatic rings. The van der Waals surface area contributed by atoms with Crippen LogP contribution in [0, 0.1) is 5.82 Å². The van der Waals surface area contributed by atoms with Crippen LogP contribution < -0.4 is 21.5 Å². The minimum Gasteiger partial charge on any atom is -0.345 e. The highest BCUT2D eigenvalue weighted by atomic mass is 35.5. The van der Waals surface area contributed by atoms with E-state index in [9.17, 15) is 14.0 Å². The van der Waals surface area contributed by atoms with E-state index in [1.165, 1.54) is 23.7 Å². The summed E-state index contributed by atoms with van der Waals surface area (Å²) in [7, 11) is 3.03. The second-order valence-corrected chi connectivity index (χ2v) is 10.3. The topological polar surface area (TPSA) is 80.3 Å². The second-order valence-electron chi connectivity index (χ2n) is 9.03. The molecule has 0 unspecified atom stereocenters. The Morgan fingerprint density at radius 3 is 2.37 bits per heavy atom. The van der Waals surface area contributed by atoms with Gasteiger partial charge in [-0.05, 0) is 48.1 Å². The molecule has 0 spiro atoms. The fraction of sp³-hybridized carbons (Fsp3) is 0.280. The van der Waals surface area contributed by atoms with Crippen molar-refractivity contribution in [3.8, 4) is 0 Å². The normalized spacial score (nSPS) is 13.8. The lowest BCUT2D eigenvalue weighted by atomic mass is 10.2. The number of fused-ring (bicyclic) bond motifs is 1. The summed E-state index contributed by atoms with van der Waals surface area (Å²) in [5.41, 5.74) is 1.18. The van der Waals surface area contributed by atoms with Crippen molar-refractivity contribution in [3.05, 3.63) is 84.7 Å². The van der Waals surface area contributed by atoms with Crippen LogP contribution in [0.4, 0.5) is 16.0 Å². The fourth-order valence-electron chi connectivity index (χ4n) is 4.49. The minimum absolute atomic E-state index is 0.287. The first kappa shape index (κ1) is 26.2. The summed E-state index contributed by atoms with van der Waals surface area (Å²) in [6.45, 7) is 2.60. The number of aryl methyl sites for hydroxylation is 1. The van der Waals surface area contributed by atoms with Crippen LogP contribution in [0.25, 0.3) is 11.2 Å². The Balaban J connectivity index is 1.44. The predicted octanol–water partition coefficient (Wildman–Crippen LogP) is 3.45. The minimum atomic E-state index is -0.456. The zero-order valence-corrected chi connectivity index (χ0v) is 22.9. The van der Waals surface area contributed by atoms with Gasteiger partial charge < -0.3 is 15.1 Å². The lowest BCUT2D eigenvalue weighted by Gasteiger charge is -2.37. The van der Waals surface area contributed by atoms with Gasteiger partial charge in [0.2, 0.25) is 5.95 Å². The van der Waals surface area contributed by atoms with E-state index in [1.807, 2.05) is 4.90 Å². The third kappa shape index (κ3) is 4.89. The van der Waals surface area contributed by atoms with Crippen molar-refractivity contribution < 1.29 is 4.39 Å². The number of rotatable bonds is 4. The van der Waals surface area contributed by atoms with Crippen LogP contribution in [0.15, 0.2) is 52.1 Å². The van der Waals surface area contributed by atoms with Gasteiger partial charge in [-0.3, -0.25) is 18.5 Å². The first-order valence-electron chi connectivity index (χ1n) is 11.8. The van der Waals surface area contributed by atoms with E-state index < -0.39 is 11.2 Å². The van der Waals surface area contributed by atoms with Crippen molar-refractivity contribution in [2.24, 2.45) is 14.1 Å². The molecule has 0 radical (unpaired) electrons. The van der Waals surface area contributed by atoms with Gasteiger partial charge in [0.05, 0.1) is 17.3 Å². The summed E-state index contributed by atoms with van der Waals surface area (Å²) < 4.78 is 17.8. The fourth-order valence-corrected chi connectivity index (χ4v) is 5.24. The number of thiocarbonyl (C=S) groups is 1. The van der Waals surface area contributed by atoms with Gasteiger partial charge >= 0.3 is 5.69 Å². The van der Waals surface area contributed by atoms with Crippen LogP contribution in [-0.4, -0.2) is 54.9 Å². The van der Waals surface area contributed by atoms with E-state index in [0.29, 0.717) is 64.1 Å². The standard InChI is InChI=1S/C25H24Cl2FN7O2S/c1-31-21-20(22(36)32(2)25(31)37)35(14-15-3-6-17(28)7-4-15)23(30-21)33-9-11-34(12-10-33)24(38)29-19-8-5-16(26)13-18(19)27/h3-8,13H,9-12,14H2,1-2H3,(H,29,38). The third-order valence-corrected chi connectivity index (χ3v) is 7.51. The van der Waals surface area contributed by atoms with E-state index in [1.54, 1.807) is 41.9 Å². The average Bonchev–Trinajstić information content (AvgIpc) is 3.28. The molecule has 1 fully saturated rings. The van der Waals surface area contributed by atoms with Crippen molar-refractivity contribution in [1.29, 1.82) is 0 Å². The van der Waals surface area contributed by atoms with E-state index in [2.05, 4.69) is 10.2 Å². The van der Waals surface area contributed by atoms with Gasteiger partial charge in [-0.15, -0.1) is 0 Å². The Labute approximate surface area is 232 Å². The number of halogens is 3. The Kier molecular flexibility index (Phi) is 7.17. The van der Waals surface area contributed by atoms with Crippen molar-refractivity contribution in [1.82, 2.24) is 23.6 Å². The molecule has 3 heterocycles. The van der Waals surface area contributed by atoms with Crippen molar-refractivity contribution in [3.63, 3.8) is 0 Å². The van der Waals surface area contributed by atoms with Gasteiger partial charge in [0.15, 0.2) is 16.3 Å². The maximum Gasteiger partial charge on any atom is 0.332 e. The van der Waals surface area contributed by atoms with Crippen molar-refractivity contribution in [2.75, 3.05) is 36.4 Å². The van der Waals surface area contributed by atoms with Crippen LogP contribution >= 0.6 is 35.4 Å². The third-order valence-electron chi connectivity index (χ3n) is 6.60. The number of aromatic nitrogens is 4. The molecule has 1 N–H and O–H groups in total. The molecule has 0 bridgehead atoms. The molecule has 9 nitrogen and oxygen atoms in total. The average molecular weight is 576 g/mol. The number of hydrogen-bond donors (Lipinski definition) is 1. The van der Waals surface area contributed by atoms with Crippen LogP contribution in [0.1, 0.15) is 5.56 Å². The van der Waals surface area contributed by atoms with Crippen LogP contribution in [-0.2, 0) is 20.6 Å². The van der Waals surface area contributed by atoms with Gasteiger partial charge in [0, 0.05) is 45.3 Å². The van der Waals surface area contributed by atoms with Crippen molar-refractivity contribution >= 4 is 63.3 Å². The van der Waals surface area contributed by atoms with Crippen LogP contribution in [0.5, 0.6) is 0 Å². The molecule has 198 valence electrons. The molecule has 2 aromatic heterocycles. The first-order chi connectivity index (χ1) is 18.1. The molecule has 0 saturated carbocycles. The molecule has 1 saturated heterocycles. The number of benzene rings is 2. The summed E-state index contributed by atoms with van der Waals surface area (Å²) in [6.07, 6.45) is 0. The Morgan fingerprint density at radius 1 is 1.03 bits per heavy atom. The zero-order chi connectivity index (χ0) is 27.1. The molecular formula is C25H24Cl2FN7O2S. The Morgan fingerprint density at radius 2 is 1.71 bits per heavy atom. The summed E-state index contributed by atoms with van der Waals surface area (Å²) in [6, 6.07) is 11.2. The summed E-state index contributed by atoms with van der Waals surface area (Å²) >= 11 is 17.9. The summed E-state index contributed by atoms with van der Waals surface area (Å²) in [5, 5.41) is 4.72. The van der Waals surface area contributed by atoms with Gasteiger partial charge in [-0.2, -0.15) is 4.98 Å². The largest absolute Gasteiger partial charge is 0.345 e. The molecule has 1 aliphatic heterocycles. The first-order valence-corrected chi connectivity index (χ1v) is 13.0. The van der Waals surface area contributed by atoms with Crippen molar-refractivity contribution in [2.45, 2.75) is 6.54 Å². The summed E-state index contributed by atoms with van der Waals surface area (Å²) in [4.78, 5) is 34.6.